The number of pyridine rings is 1. The van der Waals surface area contributed by atoms with Crippen LogP contribution in [0.5, 0.6) is 0 Å². The van der Waals surface area contributed by atoms with Gasteiger partial charge in [-0.3, -0.25) is 0 Å². The van der Waals surface area contributed by atoms with E-state index in [2.05, 4.69) is 43.8 Å². The van der Waals surface area contributed by atoms with Gasteiger partial charge in [-0.15, -0.1) is 0 Å². The molecule has 0 bridgehead atoms. The molecule has 240 valence electrons. The normalized spacial score (nSPS) is 11.5. The molecule has 0 fully saturated rings. The van der Waals surface area contributed by atoms with Gasteiger partial charge in [-0.2, -0.15) is 0 Å². The minimum Gasteiger partial charge on any atom is -0.205 e. The highest BCUT2D eigenvalue weighted by molar-refractivity contribution is 5.21. The smallest absolute Gasteiger partial charge is 0.172 e. The van der Waals surface area contributed by atoms with Crippen molar-refractivity contribution < 1.29 is 4.57 Å². The highest BCUT2D eigenvalue weighted by Gasteiger charge is 2.09. The average Bonchev–Trinajstić information content (AvgIpc) is 2.98. The van der Waals surface area contributed by atoms with Gasteiger partial charge in [-0.05, 0) is 31.2 Å². The van der Waals surface area contributed by atoms with Gasteiger partial charge in [0.2, 0.25) is 0 Å². The second-order valence-electron chi connectivity index (χ2n) is 13.4. The van der Waals surface area contributed by atoms with E-state index in [0.29, 0.717) is 0 Å². The van der Waals surface area contributed by atoms with Crippen LogP contribution >= 0.6 is 0 Å². The van der Waals surface area contributed by atoms with Crippen molar-refractivity contribution in [3.8, 4) is 0 Å². The molecular weight excluding hydrogens is 494 g/mol. The van der Waals surface area contributed by atoms with E-state index in [1.807, 2.05) is 0 Å². The van der Waals surface area contributed by atoms with Gasteiger partial charge in [-0.25, -0.2) is 4.57 Å². The Bertz CT molecular complexity index is 650. The van der Waals surface area contributed by atoms with Gasteiger partial charge in [0.25, 0.3) is 0 Å². The predicted octanol–water partition coefficient (Wildman–Crippen LogP) is 13.4. The first-order valence-electron chi connectivity index (χ1n) is 19.3. The molecule has 0 saturated heterocycles. The maximum absolute atomic E-state index is 2.49. The first-order chi connectivity index (χ1) is 20.3. The summed E-state index contributed by atoms with van der Waals surface area (Å²) >= 11 is 0. The Labute approximate surface area is 260 Å². The highest BCUT2D eigenvalue weighted by atomic mass is 14.9. The summed E-state index contributed by atoms with van der Waals surface area (Å²) in [7, 11) is 0. The van der Waals surface area contributed by atoms with Crippen molar-refractivity contribution in [1.82, 2.24) is 0 Å². The maximum Gasteiger partial charge on any atom is 0.172 e. The summed E-state index contributed by atoms with van der Waals surface area (Å²) in [5.74, 6) is 0. The van der Waals surface area contributed by atoms with Crippen molar-refractivity contribution in [2.45, 2.75) is 226 Å². The molecule has 0 radical (unpaired) electrons. The quantitative estimate of drug-likeness (QED) is 0.0599. The molecule has 1 nitrogen and oxygen atoms in total. The molecule has 0 aliphatic carbocycles. The Morgan fingerprint density at radius 1 is 0.366 bits per heavy atom. The SMILES string of the molecule is CCCCCCCCCCCCCCCCc1cc[n+](CCC)cc1CCCCCCCCCCCCCCCC. The molecule has 0 amide bonds. The minimum absolute atomic E-state index is 1.16. The maximum atomic E-state index is 2.49. The van der Waals surface area contributed by atoms with Crippen LogP contribution in [0.3, 0.4) is 0 Å². The van der Waals surface area contributed by atoms with Gasteiger partial charge >= 0.3 is 0 Å². The number of unbranched alkanes of at least 4 members (excludes halogenated alkanes) is 26. The zero-order valence-electron chi connectivity index (χ0n) is 28.8. The Morgan fingerprint density at radius 3 is 1.02 bits per heavy atom. The van der Waals surface area contributed by atoms with E-state index in [1.165, 1.54) is 199 Å². The molecule has 1 heteroatoms. The lowest BCUT2D eigenvalue weighted by Crippen LogP contribution is -2.33. The fourth-order valence-corrected chi connectivity index (χ4v) is 6.51. The third-order valence-electron chi connectivity index (χ3n) is 9.28. The van der Waals surface area contributed by atoms with E-state index in [1.54, 1.807) is 11.1 Å². The third kappa shape index (κ3) is 24.3. The number of rotatable bonds is 32. The highest BCUT2D eigenvalue weighted by Crippen LogP contribution is 2.18. The zero-order chi connectivity index (χ0) is 29.5. The van der Waals surface area contributed by atoms with E-state index >= 15 is 0 Å². The number of nitrogens with zero attached hydrogens (tertiary/aromatic N) is 1. The van der Waals surface area contributed by atoms with Crippen LogP contribution in [0.15, 0.2) is 18.5 Å². The molecule has 0 aromatic carbocycles. The van der Waals surface area contributed by atoms with Crippen molar-refractivity contribution >= 4 is 0 Å². The number of aryl methyl sites for hydroxylation is 3. The Kier molecular flexibility index (Phi) is 28.5. The fraction of sp³-hybridized carbons (Fsp3) is 0.875. The standard InChI is InChI=1S/C40H76N/c1-4-7-9-11-13-15-17-19-21-23-25-27-29-31-33-39-35-37-41(36-6-3)38-40(39)34-32-30-28-26-24-22-20-18-16-14-12-10-8-5-2/h35,37-38H,4-34,36H2,1-3H3/q+1. The van der Waals surface area contributed by atoms with Crippen LogP contribution in [0.2, 0.25) is 0 Å². The van der Waals surface area contributed by atoms with Gasteiger partial charge < -0.3 is 0 Å². The van der Waals surface area contributed by atoms with Gasteiger partial charge in [0.15, 0.2) is 12.4 Å². The van der Waals surface area contributed by atoms with Gasteiger partial charge in [-0.1, -0.05) is 188 Å². The molecule has 0 saturated carbocycles. The lowest BCUT2D eigenvalue weighted by Gasteiger charge is -2.09. The van der Waals surface area contributed by atoms with Crippen molar-refractivity contribution in [3.05, 3.63) is 29.6 Å². The monoisotopic (exact) mass is 571 g/mol. The Balaban J connectivity index is 2.10. The largest absolute Gasteiger partial charge is 0.205 e. The predicted molar refractivity (Wildman–Crippen MR) is 185 cm³/mol. The number of aromatic nitrogens is 1. The van der Waals surface area contributed by atoms with Crippen LogP contribution < -0.4 is 4.57 Å². The van der Waals surface area contributed by atoms with E-state index in [0.717, 1.165) is 6.54 Å². The van der Waals surface area contributed by atoms with Gasteiger partial charge in [0, 0.05) is 18.1 Å². The van der Waals surface area contributed by atoms with E-state index in [4.69, 9.17) is 0 Å². The summed E-state index contributed by atoms with van der Waals surface area (Å²) in [6, 6.07) is 2.46. The molecule has 1 heterocycles. The zero-order valence-corrected chi connectivity index (χ0v) is 28.8. The second-order valence-corrected chi connectivity index (χ2v) is 13.4. The number of hydrogen-bond acceptors (Lipinski definition) is 0. The lowest BCUT2D eigenvalue weighted by molar-refractivity contribution is -0.697. The third-order valence-corrected chi connectivity index (χ3v) is 9.28. The van der Waals surface area contributed by atoms with Crippen molar-refractivity contribution in [1.29, 1.82) is 0 Å². The molecule has 1 aromatic rings. The lowest BCUT2D eigenvalue weighted by atomic mass is 9.97. The number of hydrogen-bond donors (Lipinski definition) is 0. The first-order valence-corrected chi connectivity index (χ1v) is 19.3. The van der Waals surface area contributed by atoms with Crippen molar-refractivity contribution in [3.63, 3.8) is 0 Å². The molecule has 0 aliphatic heterocycles. The molecular formula is C40H76N+. The second kappa shape index (κ2) is 30.6. The van der Waals surface area contributed by atoms with E-state index in [9.17, 15) is 0 Å². The van der Waals surface area contributed by atoms with Crippen LogP contribution in [0.4, 0.5) is 0 Å². The van der Waals surface area contributed by atoms with Gasteiger partial charge in [0.05, 0.1) is 0 Å². The van der Waals surface area contributed by atoms with Crippen LogP contribution in [0.25, 0.3) is 0 Å². The topological polar surface area (TPSA) is 3.88 Å². The molecule has 0 N–H and O–H groups in total. The molecule has 0 unspecified atom stereocenters. The Hall–Kier alpha value is -0.850. The summed E-state index contributed by atoms with van der Waals surface area (Å²) in [4.78, 5) is 0. The summed E-state index contributed by atoms with van der Waals surface area (Å²) in [6.07, 6.45) is 49.1. The van der Waals surface area contributed by atoms with E-state index < -0.39 is 0 Å². The summed E-state index contributed by atoms with van der Waals surface area (Å²) in [6.45, 7) is 8.07. The molecule has 1 aromatic heterocycles. The fourth-order valence-electron chi connectivity index (χ4n) is 6.51. The van der Waals surface area contributed by atoms with Crippen LogP contribution in [0, 0.1) is 0 Å². The molecule has 0 spiro atoms. The Morgan fingerprint density at radius 2 is 0.683 bits per heavy atom. The summed E-state index contributed by atoms with van der Waals surface area (Å²) in [5.41, 5.74) is 3.29. The molecule has 0 atom stereocenters. The molecule has 41 heavy (non-hydrogen) atoms. The summed E-state index contributed by atoms with van der Waals surface area (Å²) in [5, 5.41) is 0. The minimum atomic E-state index is 1.16. The first kappa shape index (κ1) is 38.2. The van der Waals surface area contributed by atoms with Crippen LogP contribution in [0.1, 0.15) is 218 Å². The van der Waals surface area contributed by atoms with E-state index in [-0.39, 0.29) is 0 Å². The van der Waals surface area contributed by atoms with Crippen molar-refractivity contribution in [2.75, 3.05) is 0 Å². The average molecular weight is 571 g/mol. The summed E-state index contributed by atoms with van der Waals surface area (Å²) < 4.78 is 2.44. The van der Waals surface area contributed by atoms with Crippen LogP contribution in [-0.2, 0) is 19.4 Å². The van der Waals surface area contributed by atoms with Crippen LogP contribution in [-0.4, -0.2) is 0 Å². The van der Waals surface area contributed by atoms with Crippen molar-refractivity contribution in [2.24, 2.45) is 0 Å². The van der Waals surface area contributed by atoms with Gasteiger partial charge in [0.1, 0.15) is 6.54 Å². The molecule has 1 rings (SSSR count). The molecule has 0 aliphatic rings.